The molecule has 0 spiro atoms. The van der Waals surface area contributed by atoms with Crippen molar-refractivity contribution >= 4 is 40.8 Å². The summed E-state index contributed by atoms with van der Waals surface area (Å²) in [6.07, 6.45) is 9.75. The Hall–Kier alpha value is -2.75. The summed E-state index contributed by atoms with van der Waals surface area (Å²) in [7, 11) is 0. The maximum Gasteiger partial charge on any atom is 0.337 e. The molecule has 166 valence electrons. The molecular formula is C28H22Cl2O3. The Morgan fingerprint density at radius 2 is 1.58 bits per heavy atom. The standard InChI is InChI=1S/C28H22Cl2O3/c29-21-9-10-22(30)27(28(31)32)26(21)25-19-11-15-5-1-3-7-17(15)13-23(19)33-24-14-18-8-4-2-6-16(18)12-20(24)25/h7,9-14H,1-6,8H2,(H,31,32). The smallest absolute Gasteiger partial charge is 0.337 e. The van der Waals surface area contributed by atoms with Crippen molar-refractivity contribution in [3.8, 4) is 11.5 Å². The Balaban J connectivity index is 1.77. The first kappa shape index (κ1) is 20.8. The summed E-state index contributed by atoms with van der Waals surface area (Å²) in [5.41, 5.74) is 6.01. The monoisotopic (exact) mass is 476 g/mol. The van der Waals surface area contributed by atoms with Crippen LogP contribution in [0.1, 0.15) is 63.9 Å². The molecule has 3 aliphatic rings. The molecule has 1 aliphatic heterocycles. The highest BCUT2D eigenvalue weighted by Gasteiger charge is 2.29. The van der Waals surface area contributed by atoms with Gasteiger partial charge in [-0.15, -0.1) is 0 Å². The van der Waals surface area contributed by atoms with Gasteiger partial charge in [-0.05, 0) is 103 Å². The van der Waals surface area contributed by atoms with E-state index in [2.05, 4.69) is 30.3 Å². The number of hydrogen-bond donors (Lipinski definition) is 1. The summed E-state index contributed by atoms with van der Waals surface area (Å²) in [5, 5.41) is 12.7. The molecular weight excluding hydrogens is 455 g/mol. The zero-order valence-corrected chi connectivity index (χ0v) is 19.5. The molecule has 0 saturated heterocycles. The molecule has 0 radical (unpaired) electrons. The van der Waals surface area contributed by atoms with E-state index in [9.17, 15) is 9.90 Å². The highest BCUT2D eigenvalue weighted by Crippen LogP contribution is 2.43. The Morgan fingerprint density at radius 1 is 0.848 bits per heavy atom. The van der Waals surface area contributed by atoms with Gasteiger partial charge in [0.2, 0.25) is 0 Å². The van der Waals surface area contributed by atoms with E-state index in [0.717, 1.165) is 66.4 Å². The zero-order valence-electron chi connectivity index (χ0n) is 18.0. The van der Waals surface area contributed by atoms with E-state index in [1.165, 1.54) is 28.3 Å². The van der Waals surface area contributed by atoms with E-state index >= 15 is 0 Å². The Bertz CT molecular complexity index is 1470. The van der Waals surface area contributed by atoms with Crippen LogP contribution in [-0.2, 0) is 19.3 Å². The van der Waals surface area contributed by atoms with Crippen LogP contribution < -0.4 is 15.2 Å². The normalized spacial score (nSPS) is 16.0. The van der Waals surface area contributed by atoms with Crippen molar-refractivity contribution in [3.63, 3.8) is 0 Å². The quantitative estimate of drug-likeness (QED) is 0.383. The number of aromatic carboxylic acids is 1. The molecule has 3 nitrogen and oxygen atoms in total. The van der Waals surface area contributed by atoms with Gasteiger partial charge < -0.3 is 9.84 Å². The first-order valence-corrected chi connectivity index (χ1v) is 12.2. The lowest BCUT2D eigenvalue weighted by molar-refractivity contribution is 0.0696. The molecule has 2 aliphatic carbocycles. The van der Waals surface area contributed by atoms with Crippen molar-refractivity contribution in [1.29, 1.82) is 0 Å². The molecule has 33 heavy (non-hydrogen) atoms. The van der Waals surface area contributed by atoms with Crippen LogP contribution in [0.2, 0.25) is 10.0 Å². The van der Waals surface area contributed by atoms with Crippen LogP contribution in [0, 0.1) is 0 Å². The van der Waals surface area contributed by atoms with E-state index in [-0.39, 0.29) is 10.6 Å². The zero-order chi connectivity index (χ0) is 22.7. The van der Waals surface area contributed by atoms with Crippen LogP contribution in [0.3, 0.4) is 0 Å². The van der Waals surface area contributed by atoms with Crippen molar-refractivity contribution in [2.45, 2.75) is 44.9 Å². The Morgan fingerprint density at radius 3 is 2.36 bits per heavy atom. The molecule has 0 fully saturated rings. The molecule has 0 aromatic heterocycles. The third-order valence-corrected chi connectivity index (χ3v) is 7.66. The molecule has 0 bridgehead atoms. The van der Waals surface area contributed by atoms with E-state index in [1.807, 2.05) is 0 Å². The van der Waals surface area contributed by atoms with Crippen LogP contribution in [0.25, 0.3) is 11.6 Å². The number of aryl methyl sites for hydroxylation is 3. The molecule has 3 aromatic rings. The molecule has 6 rings (SSSR count). The van der Waals surface area contributed by atoms with Crippen molar-refractivity contribution in [1.82, 2.24) is 0 Å². The summed E-state index contributed by atoms with van der Waals surface area (Å²) >= 11 is 13.1. The highest BCUT2D eigenvalue weighted by atomic mass is 35.5. The summed E-state index contributed by atoms with van der Waals surface area (Å²) in [4.78, 5) is 12.3. The molecule has 5 heteroatoms. The second-order valence-corrected chi connectivity index (χ2v) is 9.84. The predicted octanol–water partition coefficient (Wildman–Crippen LogP) is 6.04. The number of carbonyl (C=O) groups is 1. The fourth-order valence-electron chi connectivity index (χ4n) is 5.46. The molecule has 0 amide bonds. The number of ether oxygens (including phenoxy) is 1. The minimum Gasteiger partial charge on any atom is -0.478 e. The highest BCUT2D eigenvalue weighted by molar-refractivity contribution is 6.37. The van der Waals surface area contributed by atoms with Gasteiger partial charge in [0.05, 0.1) is 10.6 Å². The number of carboxylic acid groups (broad SMARTS) is 1. The largest absolute Gasteiger partial charge is 0.478 e. The fraction of sp³-hybridized carbons (Fsp3) is 0.250. The number of fused-ring (bicyclic) bond motifs is 4. The van der Waals surface area contributed by atoms with E-state index in [1.54, 1.807) is 12.1 Å². The predicted molar refractivity (Wildman–Crippen MR) is 131 cm³/mol. The molecule has 3 aromatic carbocycles. The van der Waals surface area contributed by atoms with Gasteiger partial charge >= 0.3 is 5.97 Å². The Labute approximate surface area is 201 Å². The maximum absolute atomic E-state index is 12.3. The third-order valence-electron chi connectivity index (χ3n) is 7.03. The minimum atomic E-state index is -1.09. The molecule has 1 heterocycles. The lowest BCUT2D eigenvalue weighted by atomic mass is 9.83. The van der Waals surface area contributed by atoms with Crippen molar-refractivity contribution in [3.05, 3.63) is 90.3 Å². The van der Waals surface area contributed by atoms with Crippen LogP contribution in [0.15, 0.2) is 36.4 Å². The lowest BCUT2D eigenvalue weighted by Crippen LogP contribution is -2.25. The van der Waals surface area contributed by atoms with Gasteiger partial charge in [-0.3, -0.25) is 0 Å². The van der Waals surface area contributed by atoms with Crippen LogP contribution in [-0.4, -0.2) is 11.1 Å². The van der Waals surface area contributed by atoms with Gasteiger partial charge in [0, 0.05) is 26.9 Å². The average Bonchev–Trinajstić information content (AvgIpc) is 2.81. The second kappa shape index (κ2) is 7.93. The third kappa shape index (κ3) is 3.37. The SMILES string of the molecule is O=C(O)c1c(Cl)ccc(Cl)c1C1=c2cc3c(cc2Oc2cc4c(cc21)CCCC4)=CCCC3. The first-order chi connectivity index (χ1) is 16.0. The average molecular weight is 477 g/mol. The van der Waals surface area contributed by atoms with E-state index < -0.39 is 5.97 Å². The second-order valence-electron chi connectivity index (χ2n) is 9.03. The van der Waals surface area contributed by atoms with Gasteiger partial charge in [-0.1, -0.05) is 29.3 Å². The van der Waals surface area contributed by atoms with Crippen molar-refractivity contribution in [2.75, 3.05) is 0 Å². The molecule has 0 atom stereocenters. The number of benzene rings is 3. The van der Waals surface area contributed by atoms with Gasteiger partial charge in [-0.25, -0.2) is 4.79 Å². The fourth-order valence-corrected chi connectivity index (χ4v) is 5.95. The number of hydrogen-bond acceptors (Lipinski definition) is 2. The minimum absolute atomic E-state index is 0.0278. The number of halogens is 2. The van der Waals surface area contributed by atoms with Gasteiger partial charge in [-0.2, -0.15) is 0 Å². The van der Waals surface area contributed by atoms with Crippen LogP contribution >= 0.6 is 23.2 Å². The van der Waals surface area contributed by atoms with Gasteiger partial charge in [0.15, 0.2) is 0 Å². The van der Waals surface area contributed by atoms with E-state index in [0.29, 0.717) is 10.6 Å². The first-order valence-electron chi connectivity index (χ1n) is 11.4. The number of carboxylic acids is 1. The van der Waals surface area contributed by atoms with Crippen molar-refractivity contribution < 1.29 is 14.6 Å². The van der Waals surface area contributed by atoms with Gasteiger partial charge in [0.1, 0.15) is 11.5 Å². The van der Waals surface area contributed by atoms with Gasteiger partial charge in [0.25, 0.3) is 0 Å². The number of rotatable bonds is 2. The molecule has 1 N–H and O–H groups in total. The van der Waals surface area contributed by atoms with E-state index in [4.69, 9.17) is 27.9 Å². The lowest BCUT2D eigenvalue weighted by Gasteiger charge is -2.27. The summed E-state index contributed by atoms with van der Waals surface area (Å²) < 4.78 is 6.47. The Kier molecular flexibility index (Phi) is 5.01. The summed E-state index contributed by atoms with van der Waals surface area (Å²) in [6.45, 7) is 0. The van der Waals surface area contributed by atoms with Crippen LogP contribution in [0.5, 0.6) is 11.5 Å². The molecule has 0 unspecified atom stereocenters. The maximum atomic E-state index is 12.3. The summed E-state index contributed by atoms with van der Waals surface area (Å²) in [5.74, 6) is 0.391. The topological polar surface area (TPSA) is 46.5 Å². The summed E-state index contributed by atoms with van der Waals surface area (Å²) in [6, 6.07) is 11.8. The van der Waals surface area contributed by atoms with Crippen molar-refractivity contribution in [2.24, 2.45) is 0 Å². The molecule has 0 saturated carbocycles. The van der Waals surface area contributed by atoms with Crippen LogP contribution in [0.4, 0.5) is 0 Å².